The number of imidazole rings is 1. The minimum Gasteiger partial charge on any atom is -0.469 e. The van der Waals surface area contributed by atoms with E-state index in [9.17, 15) is 9.59 Å². The van der Waals surface area contributed by atoms with Crippen molar-refractivity contribution < 1.29 is 14.3 Å². The van der Waals surface area contributed by atoms with E-state index in [1.165, 1.54) is 121 Å². The van der Waals surface area contributed by atoms with Gasteiger partial charge in [-0.25, -0.2) is 4.98 Å². The van der Waals surface area contributed by atoms with Crippen molar-refractivity contribution in [2.75, 3.05) is 40.2 Å². The van der Waals surface area contributed by atoms with Crippen LogP contribution in [-0.2, 0) is 14.3 Å². The number of carbonyl (C=O) groups excluding carboxylic acids is 2. The van der Waals surface area contributed by atoms with Crippen molar-refractivity contribution in [2.45, 2.75) is 95.9 Å². The summed E-state index contributed by atoms with van der Waals surface area (Å²) in [6, 6.07) is 58.1. The molecule has 9 rings (SSSR count). The average Bonchev–Trinajstić information content (AvgIpc) is 3.81. The molecule has 9 aromatic rings. The maximum Gasteiger partial charge on any atom is 0.302 e. The molecule has 7 nitrogen and oxygen atoms in total. The van der Waals surface area contributed by atoms with Crippen LogP contribution in [-0.4, -0.2) is 61.6 Å². The number of hydrogen-bond donors (Lipinski definition) is 0. The van der Waals surface area contributed by atoms with E-state index in [0.717, 1.165) is 5.82 Å². The van der Waals surface area contributed by atoms with Gasteiger partial charge in [0.25, 0.3) is 0 Å². The highest BCUT2D eigenvalue weighted by atomic mass is 16.5. The fourth-order valence-corrected chi connectivity index (χ4v) is 6.91. The number of benzene rings is 8. The van der Waals surface area contributed by atoms with Crippen molar-refractivity contribution >= 4 is 49.9 Å². The fraction of sp³-hybridized carbons (Fsp3) is 0.288. The molecule has 0 atom stereocenters. The van der Waals surface area contributed by atoms with Crippen molar-refractivity contribution in [3.63, 3.8) is 0 Å². The molecule has 0 aliphatic rings. The van der Waals surface area contributed by atoms with E-state index in [1.54, 1.807) is 14.1 Å². The molecular weight excluding hydrogens is 897 g/mol. The number of aromatic nitrogens is 2. The summed E-state index contributed by atoms with van der Waals surface area (Å²) in [5, 5.41) is 8.12. The maximum atomic E-state index is 10.1. The molecular formula is C66H84N4O3. The third kappa shape index (κ3) is 21.8. The van der Waals surface area contributed by atoms with Crippen LogP contribution in [0.5, 0.6) is 0 Å². The SMILES string of the molecule is CC(=O)N(C)C.CCC.CCC.CN(C)c1ccccc1.COC(C)=O.Cc1ccc(-c2cccc(C)c2)cc1.Cc1ccc2c3ccc(C)cc3c3ccccc3c2c1.Cc1cccc(-n2ccnc2C)c1. The van der Waals surface area contributed by atoms with Gasteiger partial charge in [-0.3, -0.25) is 9.59 Å². The Morgan fingerprint density at radius 2 is 0.890 bits per heavy atom. The normalized spacial score (nSPS) is 9.66. The highest BCUT2D eigenvalue weighted by Gasteiger charge is 2.08. The summed E-state index contributed by atoms with van der Waals surface area (Å²) in [5.41, 5.74) is 11.5. The van der Waals surface area contributed by atoms with Gasteiger partial charge in [0, 0.05) is 65.8 Å². The summed E-state index contributed by atoms with van der Waals surface area (Å²) in [5.74, 6) is 0.866. The first kappa shape index (κ1) is 61.6. The predicted molar refractivity (Wildman–Crippen MR) is 318 cm³/mol. The number of aryl methyl sites for hydroxylation is 6. The smallest absolute Gasteiger partial charge is 0.302 e. The summed E-state index contributed by atoms with van der Waals surface area (Å²) < 4.78 is 6.19. The van der Waals surface area contributed by atoms with E-state index in [1.807, 2.05) is 51.6 Å². The molecule has 0 fully saturated rings. The lowest BCUT2D eigenvalue weighted by Gasteiger charge is -2.11. The average molecular weight is 981 g/mol. The van der Waals surface area contributed by atoms with Gasteiger partial charge in [-0.2, -0.15) is 0 Å². The highest BCUT2D eigenvalue weighted by molar-refractivity contribution is 6.25. The van der Waals surface area contributed by atoms with Gasteiger partial charge in [0.15, 0.2) is 0 Å². The molecule has 1 heterocycles. The quantitative estimate of drug-likeness (QED) is 0.130. The minimum atomic E-state index is -0.245. The second kappa shape index (κ2) is 33.2. The van der Waals surface area contributed by atoms with Crippen LogP contribution in [0.15, 0.2) is 176 Å². The van der Waals surface area contributed by atoms with E-state index in [2.05, 4.69) is 227 Å². The van der Waals surface area contributed by atoms with Crippen molar-refractivity contribution in [1.82, 2.24) is 14.5 Å². The molecule has 0 spiro atoms. The summed E-state index contributed by atoms with van der Waals surface area (Å²) >= 11 is 0. The van der Waals surface area contributed by atoms with Crippen LogP contribution < -0.4 is 4.90 Å². The molecule has 0 aliphatic heterocycles. The number of hydrogen-bond acceptors (Lipinski definition) is 5. The molecule has 0 N–H and O–H groups in total. The summed E-state index contributed by atoms with van der Waals surface area (Å²) in [7, 11) is 8.87. The van der Waals surface area contributed by atoms with Crippen LogP contribution in [0.4, 0.5) is 5.69 Å². The Bertz CT molecular complexity index is 2900. The number of ether oxygens (including phenoxy) is 1. The molecule has 0 bridgehead atoms. The number of anilines is 1. The Morgan fingerprint density at radius 1 is 0.479 bits per heavy atom. The van der Waals surface area contributed by atoms with Crippen molar-refractivity contribution in [3.05, 3.63) is 210 Å². The molecule has 73 heavy (non-hydrogen) atoms. The third-order valence-electron chi connectivity index (χ3n) is 10.8. The lowest BCUT2D eigenvalue weighted by Crippen LogP contribution is -2.17. The molecule has 386 valence electrons. The Balaban J connectivity index is 0.000000309. The zero-order valence-corrected chi connectivity index (χ0v) is 47.2. The first-order valence-electron chi connectivity index (χ1n) is 25.3. The molecule has 0 aliphatic carbocycles. The van der Waals surface area contributed by atoms with Gasteiger partial charge >= 0.3 is 5.97 Å². The number of fused-ring (bicyclic) bond motifs is 6. The predicted octanol–water partition coefficient (Wildman–Crippen LogP) is 17.1. The standard InChI is InChI=1S/C20H16.C14H14.C11H12N2.C8H11N.C4H9NO.C3H6O2.2C3H8/c1-13-7-9-17-18-10-8-14(2)12-20(18)16-6-4-3-5-15(16)19(17)11-13;1-11-6-8-13(9-7-11)14-5-3-4-12(2)10-14;1-9-4-3-5-11(8-9)13-7-6-12-10(13)2;1-9(2)8-6-4-3-5-7-8;1-4(6)5(2)3;1-3(4)5-2;2*1-3-2/h3-12H,1-2H3;3-10H,1-2H3;3-8H,1-2H3;3-7H,1-2H3;1-3H3;1-2H3;2*3H2,1-2H3. The van der Waals surface area contributed by atoms with Crippen molar-refractivity contribution in [3.8, 4) is 16.8 Å². The third-order valence-corrected chi connectivity index (χ3v) is 10.8. The number of methoxy groups -OCH3 is 1. The van der Waals surface area contributed by atoms with Gasteiger partial charge in [-0.05, 0) is 115 Å². The van der Waals surface area contributed by atoms with E-state index in [-0.39, 0.29) is 11.9 Å². The van der Waals surface area contributed by atoms with Crippen LogP contribution >= 0.6 is 0 Å². The summed E-state index contributed by atoms with van der Waals surface area (Å²) in [6.45, 7) is 24.0. The number of rotatable bonds is 3. The number of nitrogens with zero attached hydrogens (tertiary/aromatic N) is 4. The fourth-order valence-electron chi connectivity index (χ4n) is 6.91. The summed E-state index contributed by atoms with van der Waals surface area (Å²) in [4.78, 5) is 27.5. The second-order valence-corrected chi connectivity index (χ2v) is 18.3. The van der Waals surface area contributed by atoms with Crippen molar-refractivity contribution in [2.24, 2.45) is 0 Å². The van der Waals surface area contributed by atoms with Crippen LogP contribution in [0.25, 0.3) is 49.1 Å². The van der Waals surface area contributed by atoms with Gasteiger partial charge in [0.05, 0.1) is 7.11 Å². The molecule has 7 heteroatoms. The van der Waals surface area contributed by atoms with E-state index >= 15 is 0 Å². The molecule has 1 aromatic heterocycles. The summed E-state index contributed by atoms with van der Waals surface area (Å²) in [6.07, 6.45) is 6.29. The number of amides is 1. The lowest BCUT2D eigenvalue weighted by atomic mass is 9.93. The zero-order chi connectivity index (χ0) is 54.5. The zero-order valence-electron chi connectivity index (χ0n) is 47.2. The largest absolute Gasteiger partial charge is 0.469 e. The van der Waals surface area contributed by atoms with Crippen molar-refractivity contribution in [1.29, 1.82) is 0 Å². The maximum absolute atomic E-state index is 10.1. The van der Waals surface area contributed by atoms with E-state index < -0.39 is 0 Å². The molecule has 0 saturated heterocycles. The van der Waals surface area contributed by atoms with Gasteiger partial charge in [-0.1, -0.05) is 202 Å². The Labute approximate surface area is 439 Å². The number of esters is 1. The highest BCUT2D eigenvalue weighted by Crippen LogP contribution is 2.35. The van der Waals surface area contributed by atoms with Crippen LogP contribution in [0.2, 0.25) is 0 Å². The Hall–Kier alpha value is -7.51. The minimum absolute atomic E-state index is 0.0926. The number of para-hydroxylation sites is 1. The van der Waals surface area contributed by atoms with Gasteiger partial charge < -0.3 is 19.1 Å². The Kier molecular flexibility index (Phi) is 28.0. The molecule has 0 radical (unpaired) electrons. The lowest BCUT2D eigenvalue weighted by molar-refractivity contribution is -0.138. The monoisotopic (exact) mass is 981 g/mol. The van der Waals surface area contributed by atoms with E-state index in [0.29, 0.717) is 0 Å². The molecule has 0 saturated carbocycles. The van der Waals surface area contributed by atoms with Gasteiger partial charge in [-0.15, -0.1) is 0 Å². The van der Waals surface area contributed by atoms with Crippen LogP contribution in [0.3, 0.4) is 0 Å². The molecule has 8 aromatic carbocycles. The molecule has 0 unspecified atom stereocenters. The molecule has 1 amide bonds. The van der Waals surface area contributed by atoms with Crippen LogP contribution in [0.1, 0.15) is 88.0 Å². The second-order valence-electron chi connectivity index (χ2n) is 18.3. The van der Waals surface area contributed by atoms with Gasteiger partial charge in [0.2, 0.25) is 5.91 Å². The Morgan fingerprint density at radius 3 is 1.27 bits per heavy atom. The number of carbonyl (C=O) groups is 2. The van der Waals surface area contributed by atoms with E-state index in [4.69, 9.17) is 0 Å². The first-order valence-corrected chi connectivity index (χ1v) is 25.3. The van der Waals surface area contributed by atoms with Gasteiger partial charge in [0.1, 0.15) is 5.82 Å². The van der Waals surface area contributed by atoms with Crippen LogP contribution in [0, 0.1) is 41.5 Å². The topological polar surface area (TPSA) is 67.7 Å². The first-order chi connectivity index (χ1) is 34.8.